The van der Waals surface area contributed by atoms with Crippen LogP contribution in [0.1, 0.15) is 11.5 Å². The highest BCUT2D eigenvalue weighted by molar-refractivity contribution is 6.36. The number of halogens is 2. The lowest BCUT2D eigenvalue weighted by molar-refractivity contribution is 0.203. The Hall–Kier alpha value is -2.58. The minimum Gasteiger partial charge on any atom is -0.494 e. The Morgan fingerprint density at radius 1 is 1.06 bits per heavy atom. The van der Waals surface area contributed by atoms with Gasteiger partial charge in [0.05, 0.1) is 23.5 Å². The van der Waals surface area contributed by atoms with Gasteiger partial charge < -0.3 is 19.5 Å². The Morgan fingerprint density at radius 3 is 2.61 bits per heavy atom. The standard InChI is InChI=1S/C22H21Cl2N5O2/c23-17-3-1-14(2-4-17)11-29-12-16-9-15(10-18(24)20(16)22(29)30)21-26-19(31-27-21)13-28-7-5-25-6-8-28/h1-4,9-10,12,25,30H,5-8,11,13H2. The summed E-state index contributed by atoms with van der Waals surface area (Å²) >= 11 is 12.5. The van der Waals surface area contributed by atoms with Crippen LogP contribution in [0.3, 0.4) is 0 Å². The smallest absolute Gasteiger partial charge is 0.241 e. The number of rotatable bonds is 5. The third-order valence-corrected chi connectivity index (χ3v) is 6.02. The van der Waals surface area contributed by atoms with Crippen molar-refractivity contribution in [1.82, 2.24) is 24.9 Å². The summed E-state index contributed by atoms with van der Waals surface area (Å²) in [5, 5.41) is 20.7. The minimum atomic E-state index is 0.119. The molecule has 0 aliphatic carbocycles. The molecule has 0 spiro atoms. The molecule has 0 bridgehead atoms. The lowest BCUT2D eigenvalue weighted by atomic mass is 10.1. The van der Waals surface area contributed by atoms with E-state index in [-0.39, 0.29) is 5.88 Å². The van der Waals surface area contributed by atoms with Crippen LogP contribution in [-0.2, 0) is 13.1 Å². The van der Waals surface area contributed by atoms with Gasteiger partial charge in [0, 0.05) is 48.3 Å². The highest BCUT2D eigenvalue weighted by atomic mass is 35.5. The number of nitrogens with one attached hydrogen (secondary N) is 1. The van der Waals surface area contributed by atoms with Gasteiger partial charge in [0.1, 0.15) is 0 Å². The highest BCUT2D eigenvalue weighted by Crippen LogP contribution is 2.37. The van der Waals surface area contributed by atoms with E-state index >= 15 is 0 Å². The predicted octanol–water partition coefficient (Wildman–Crippen LogP) is 4.16. The van der Waals surface area contributed by atoms with E-state index in [1.165, 1.54) is 0 Å². The van der Waals surface area contributed by atoms with Gasteiger partial charge in [-0.25, -0.2) is 0 Å². The van der Waals surface area contributed by atoms with E-state index < -0.39 is 0 Å². The van der Waals surface area contributed by atoms with Crippen molar-refractivity contribution in [2.45, 2.75) is 13.1 Å². The summed E-state index contributed by atoms with van der Waals surface area (Å²) < 4.78 is 7.22. The van der Waals surface area contributed by atoms with Crippen molar-refractivity contribution < 1.29 is 9.63 Å². The number of piperazine rings is 1. The van der Waals surface area contributed by atoms with Gasteiger partial charge in [-0.2, -0.15) is 4.98 Å². The molecule has 0 amide bonds. The first-order chi connectivity index (χ1) is 15.1. The molecule has 3 heterocycles. The third kappa shape index (κ3) is 4.27. The molecular weight excluding hydrogens is 437 g/mol. The van der Waals surface area contributed by atoms with Gasteiger partial charge in [0.25, 0.3) is 0 Å². The molecule has 1 aliphatic heterocycles. The van der Waals surface area contributed by atoms with Gasteiger partial charge in [-0.1, -0.05) is 40.5 Å². The van der Waals surface area contributed by atoms with Crippen LogP contribution in [0.15, 0.2) is 47.1 Å². The topological polar surface area (TPSA) is 79.4 Å². The Balaban J connectivity index is 1.42. The zero-order valence-corrected chi connectivity index (χ0v) is 18.2. The molecule has 2 N–H and O–H groups in total. The molecule has 0 atom stereocenters. The van der Waals surface area contributed by atoms with Crippen LogP contribution in [0.4, 0.5) is 0 Å². The molecule has 1 saturated heterocycles. The summed E-state index contributed by atoms with van der Waals surface area (Å²) in [4.78, 5) is 6.82. The Morgan fingerprint density at radius 2 is 1.84 bits per heavy atom. The maximum atomic E-state index is 10.7. The molecule has 1 aliphatic rings. The van der Waals surface area contributed by atoms with Gasteiger partial charge in [0.15, 0.2) is 0 Å². The second-order valence-corrected chi connectivity index (χ2v) is 8.51. The summed E-state index contributed by atoms with van der Waals surface area (Å²) in [5.41, 5.74) is 1.77. The molecule has 0 saturated carbocycles. The van der Waals surface area contributed by atoms with E-state index in [9.17, 15) is 5.11 Å². The summed E-state index contributed by atoms with van der Waals surface area (Å²) in [6.07, 6.45) is 1.87. The molecule has 4 aromatic rings. The van der Waals surface area contributed by atoms with Crippen LogP contribution < -0.4 is 5.32 Å². The Labute approximate surface area is 189 Å². The van der Waals surface area contributed by atoms with Crippen molar-refractivity contribution in [3.63, 3.8) is 0 Å². The van der Waals surface area contributed by atoms with Crippen LogP contribution in [0, 0.1) is 0 Å². The maximum Gasteiger partial charge on any atom is 0.241 e. The summed E-state index contributed by atoms with van der Waals surface area (Å²) in [5.74, 6) is 1.18. The number of fused-ring (bicyclic) bond motifs is 1. The minimum absolute atomic E-state index is 0.119. The molecule has 5 rings (SSSR count). The van der Waals surface area contributed by atoms with Crippen molar-refractivity contribution in [2.75, 3.05) is 26.2 Å². The van der Waals surface area contributed by atoms with Gasteiger partial charge in [-0.3, -0.25) is 4.90 Å². The molecule has 31 heavy (non-hydrogen) atoms. The lowest BCUT2D eigenvalue weighted by Crippen LogP contribution is -2.42. The second-order valence-electron chi connectivity index (χ2n) is 7.67. The molecule has 0 radical (unpaired) electrons. The van der Waals surface area contributed by atoms with E-state index in [0.717, 1.165) is 42.7 Å². The third-order valence-electron chi connectivity index (χ3n) is 5.47. The number of hydrogen-bond donors (Lipinski definition) is 2. The number of nitrogens with zero attached hydrogens (tertiary/aromatic N) is 4. The van der Waals surface area contributed by atoms with Crippen LogP contribution >= 0.6 is 23.2 Å². The van der Waals surface area contributed by atoms with Gasteiger partial charge in [-0.15, -0.1) is 0 Å². The normalized spacial score (nSPS) is 15.0. The molecule has 1 fully saturated rings. The molecule has 7 nitrogen and oxygen atoms in total. The first kappa shape index (κ1) is 20.3. The van der Waals surface area contributed by atoms with E-state index in [1.807, 2.05) is 36.5 Å². The average Bonchev–Trinajstić information content (AvgIpc) is 3.35. The number of aromatic hydroxyl groups is 1. The molecule has 2 aromatic carbocycles. The second kappa shape index (κ2) is 8.51. The van der Waals surface area contributed by atoms with E-state index in [2.05, 4.69) is 20.4 Å². The Kier molecular flexibility index (Phi) is 5.58. The predicted molar refractivity (Wildman–Crippen MR) is 121 cm³/mol. The van der Waals surface area contributed by atoms with Crippen molar-refractivity contribution in [3.8, 4) is 17.3 Å². The van der Waals surface area contributed by atoms with Crippen LogP contribution in [-0.4, -0.2) is 50.9 Å². The zero-order valence-electron chi connectivity index (χ0n) is 16.7. The van der Waals surface area contributed by atoms with Crippen LogP contribution in [0.5, 0.6) is 5.88 Å². The summed E-state index contributed by atoms with van der Waals surface area (Å²) in [7, 11) is 0. The van der Waals surface area contributed by atoms with Crippen molar-refractivity contribution in [1.29, 1.82) is 0 Å². The molecule has 0 unspecified atom stereocenters. The molecule has 2 aromatic heterocycles. The van der Waals surface area contributed by atoms with Crippen LogP contribution in [0.25, 0.3) is 22.2 Å². The molecule has 160 valence electrons. The summed E-state index contributed by atoms with van der Waals surface area (Å²) in [6, 6.07) is 11.2. The van der Waals surface area contributed by atoms with E-state index in [0.29, 0.717) is 40.2 Å². The van der Waals surface area contributed by atoms with Crippen molar-refractivity contribution >= 4 is 34.0 Å². The summed E-state index contributed by atoms with van der Waals surface area (Å²) in [6.45, 7) is 4.96. The molecular formula is C22H21Cl2N5O2. The van der Waals surface area contributed by atoms with Crippen molar-refractivity contribution in [2.24, 2.45) is 0 Å². The number of aromatic nitrogens is 3. The van der Waals surface area contributed by atoms with E-state index in [1.54, 1.807) is 10.6 Å². The van der Waals surface area contributed by atoms with Gasteiger partial charge in [-0.05, 0) is 29.8 Å². The van der Waals surface area contributed by atoms with Crippen LogP contribution in [0.2, 0.25) is 10.0 Å². The highest BCUT2D eigenvalue weighted by Gasteiger charge is 2.18. The zero-order chi connectivity index (χ0) is 21.4. The fourth-order valence-electron chi connectivity index (χ4n) is 3.87. The fraction of sp³-hybridized carbons (Fsp3) is 0.273. The van der Waals surface area contributed by atoms with Gasteiger partial charge >= 0.3 is 0 Å². The SMILES string of the molecule is Oc1c2c(Cl)cc(-c3noc(CN4CCNCC4)n3)cc2cn1Cc1ccc(Cl)cc1. The first-order valence-corrected chi connectivity index (χ1v) is 10.8. The van der Waals surface area contributed by atoms with Gasteiger partial charge in [0.2, 0.25) is 17.6 Å². The quantitative estimate of drug-likeness (QED) is 0.468. The number of benzene rings is 2. The lowest BCUT2D eigenvalue weighted by Gasteiger charge is -2.25. The molecule has 9 heteroatoms. The maximum absolute atomic E-state index is 10.7. The monoisotopic (exact) mass is 457 g/mol. The first-order valence-electron chi connectivity index (χ1n) is 10.1. The number of hydrogen-bond acceptors (Lipinski definition) is 6. The largest absolute Gasteiger partial charge is 0.494 e. The Bertz CT molecular complexity index is 1210. The average molecular weight is 458 g/mol. The fourth-order valence-corrected chi connectivity index (χ4v) is 4.31. The van der Waals surface area contributed by atoms with E-state index in [4.69, 9.17) is 27.7 Å². The van der Waals surface area contributed by atoms with Crippen molar-refractivity contribution in [3.05, 3.63) is 64.1 Å².